The van der Waals surface area contributed by atoms with Crippen LogP contribution in [0, 0.1) is 6.92 Å². The van der Waals surface area contributed by atoms with E-state index in [1.807, 2.05) is 13.0 Å². The number of methoxy groups -OCH3 is 3. The molecule has 0 N–H and O–H groups in total. The summed E-state index contributed by atoms with van der Waals surface area (Å²) in [6.45, 7) is 1.89. The molecular weight excluding hydrogens is 450 g/mol. The van der Waals surface area contributed by atoms with Crippen LogP contribution < -0.4 is 18.9 Å². The molecule has 0 aromatic heterocycles. The van der Waals surface area contributed by atoms with Gasteiger partial charge in [-0.1, -0.05) is 35.9 Å². The molecule has 8 nitrogen and oxygen atoms in total. The van der Waals surface area contributed by atoms with Crippen molar-refractivity contribution in [3.8, 4) is 23.0 Å². The van der Waals surface area contributed by atoms with Gasteiger partial charge < -0.3 is 23.7 Å². The Kier molecular flexibility index (Phi) is 6.82. The second kappa shape index (κ2) is 10.1. The maximum Gasteiger partial charge on any atom is 0.363 e. The van der Waals surface area contributed by atoms with Gasteiger partial charge >= 0.3 is 11.9 Å². The Labute approximate surface area is 202 Å². The van der Waals surface area contributed by atoms with E-state index in [0.29, 0.717) is 33.9 Å². The van der Waals surface area contributed by atoms with Crippen molar-refractivity contribution in [3.05, 3.63) is 88.6 Å². The number of aryl methyl sites for hydroxylation is 1. The SMILES string of the molecule is COc1cc(C2=N/C(=C/c3ccccc3OC(=O)c3cccc(C)c3)C(=O)O2)cc(OC)c1OC. The molecule has 0 amide bonds. The van der Waals surface area contributed by atoms with E-state index in [2.05, 4.69) is 4.99 Å². The van der Waals surface area contributed by atoms with Crippen molar-refractivity contribution in [1.29, 1.82) is 0 Å². The Morgan fingerprint density at radius 2 is 1.60 bits per heavy atom. The maximum absolute atomic E-state index is 12.6. The smallest absolute Gasteiger partial charge is 0.363 e. The maximum atomic E-state index is 12.6. The summed E-state index contributed by atoms with van der Waals surface area (Å²) in [5.41, 5.74) is 2.38. The van der Waals surface area contributed by atoms with Gasteiger partial charge in [0.2, 0.25) is 11.6 Å². The van der Waals surface area contributed by atoms with Gasteiger partial charge in [-0.2, -0.15) is 0 Å². The van der Waals surface area contributed by atoms with Crippen LogP contribution in [0.4, 0.5) is 0 Å². The zero-order valence-corrected chi connectivity index (χ0v) is 19.7. The molecule has 0 spiro atoms. The molecule has 0 unspecified atom stereocenters. The number of aliphatic imine (C=N–C) groups is 1. The van der Waals surface area contributed by atoms with Gasteiger partial charge in [-0.15, -0.1) is 0 Å². The van der Waals surface area contributed by atoms with Crippen molar-refractivity contribution in [3.63, 3.8) is 0 Å². The van der Waals surface area contributed by atoms with Crippen molar-refractivity contribution >= 4 is 23.9 Å². The molecule has 1 aliphatic heterocycles. The molecule has 35 heavy (non-hydrogen) atoms. The summed E-state index contributed by atoms with van der Waals surface area (Å²) in [6.07, 6.45) is 1.51. The number of carbonyl (C=O) groups excluding carboxylic acids is 2. The van der Waals surface area contributed by atoms with E-state index in [-0.39, 0.29) is 17.3 Å². The Morgan fingerprint density at radius 1 is 0.886 bits per heavy atom. The van der Waals surface area contributed by atoms with Gasteiger partial charge in [0.25, 0.3) is 0 Å². The van der Waals surface area contributed by atoms with E-state index < -0.39 is 11.9 Å². The lowest BCUT2D eigenvalue weighted by Gasteiger charge is -2.13. The standard InChI is InChI=1S/C27H23NO7/c1-16-8-7-10-18(12-16)26(29)34-21-11-6-5-9-17(21)13-20-27(30)35-25(28-20)19-14-22(31-2)24(33-4)23(15-19)32-3/h5-15H,1-4H3/b20-13+. The molecule has 0 bridgehead atoms. The molecule has 3 aromatic rings. The number of carbonyl (C=O) groups is 2. The summed E-state index contributed by atoms with van der Waals surface area (Å²) in [5.74, 6) is 0.413. The largest absolute Gasteiger partial charge is 0.493 e. The quantitative estimate of drug-likeness (QED) is 0.282. The highest BCUT2D eigenvalue weighted by atomic mass is 16.6. The average Bonchev–Trinajstić information content (AvgIpc) is 3.24. The molecule has 0 saturated carbocycles. The minimum Gasteiger partial charge on any atom is -0.493 e. The first-order valence-corrected chi connectivity index (χ1v) is 10.6. The molecule has 4 rings (SSSR count). The van der Waals surface area contributed by atoms with E-state index in [1.54, 1.807) is 54.6 Å². The first-order valence-electron chi connectivity index (χ1n) is 10.6. The summed E-state index contributed by atoms with van der Waals surface area (Å²) >= 11 is 0. The summed E-state index contributed by atoms with van der Waals surface area (Å²) < 4.78 is 27.0. The Balaban J connectivity index is 1.66. The number of hydrogen-bond donors (Lipinski definition) is 0. The normalized spacial score (nSPS) is 13.8. The van der Waals surface area contributed by atoms with Crippen molar-refractivity contribution in [2.45, 2.75) is 6.92 Å². The first kappa shape index (κ1) is 23.6. The first-order chi connectivity index (χ1) is 16.9. The van der Waals surface area contributed by atoms with Crippen molar-refractivity contribution in [1.82, 2.24) is 0 Å². The van der Waals surface area contributed by atoms with Crippen LogP contribution in [0.1, 0.15) is 27.0 Å². The lowest BCUT2D eigenvalue weighted by molar-refractivity contribution is -0.129. The predicted octanol–water partition coefficient (Wildman–Crippen LogP) is 4.58. The number of nitrogens with zero attached hydrogens (tertiary/aromatic N) is 1. The van der Waals surface area contributed by atoms with Crippen LogP contribution in [0.15, 0.2) is 71.4 Å². The van der Waals surface area contributed by atoms with Gasteiger partial charge in [-0.05, 0) is 43.3 Å². The highest BCUT2D eigenvalue weighted by molar-refractivity contribution is 6.13. The van der Waals surface area contributed by atoms with Crippen molar-refractivity contribution in [2.24, 2.45) is 4.99 Å². The highest BCUT2D eigenvalue weighted by Crippen LogP contribution is 2.39. The number of benzene rings is 3. The number of hydrogen-bond acceptors (Lipinski definition) is 8. The highest BCUT2D eigenvalue weighted by Gasteiger charge is 2.27. The second-order valence-electron chi connectivity index (χ2n) is 7.55. The monoisotopic (exact) mass is 473 g/mol. The molecule has 0 atom stereocenters. The molecule has 0 saturated heterocycles. The van der Waals surface area contributed by atoms with Gasteiger partial charge in [0.05, 0.1) is 26.9 Å². The zero-order valence-electron chi connectivity index (χ0n) is 19.7. The van der Waals surface area contributed by atoms with E-state index in [0.717, 1.165) is 5.56 Å². The van der Waals surface area contributed by atoms with Crippen LogP contribution >= 0.6 is 0 Å². The summed E-state index contributed by atoms with van der Waals surface area (Å²) in [6, 6.07) is 17.2. The Morgan fingerprint density at radius 3 is 2.26 bits per heavy atom. The van der Waals surface area contributed by atoms with Gasteiger partial charge in [0, 0.05) is 11.1 Å². The average molecular weight is 473 g/mol. The van der Waals surface area contributed by atoms with Crippen LogP contribution in [-0.4, -0.2) is 39.2 Å². The topological polar surface area (TPSA) is 92.7 Å². The molecule has 1 aliphatic rings. The van der Waals surface area contributed by atoms with Crippen LogP contribution in [0.5, 0.6) is 23.0 Å². The lowest BCUT2D eigenvalue weighted by Crippen LogP contribution is -2.09. The molecule has 0 radical (unpaired) electrons. The van der Waals surface area contributed by atoms with Crippen LogP contribution in [-0.2, 0) is 9.53 Å². The number of cyclic esters (lactones) is 1. The van der Waals surface area contributed by atoms with Gasteiger partial charge in [-0.3, -0.25) is 0 Å². The zero-order chi connectivity index (χ0) is 24.9. The van der Waals surface area contributed by atoms with E-state index in [9.17, 15) is 9.59 Å². The van der Waals surface area contributed by atoms with Crippen molar-refractivity contribution in [2.75, 3.05) is 21.3 Å². The van der Waals surface area contributed by atoms with Crippen molar-refractivity contribution < 1.29 is 33.3 Å². The van der Waals surface area contributed by atoms with Crippen LogP contribution in [0.2, 0.25) is 0 Å². The second-order valence-corrected chi connectivity index (χ2v) is 7.55. The molecule has 0 fully saturated rings. The van der Waals surface area contributed by atoms with Gasteiger partial charge in [0.1, 0.15) is 5.75 Å². The fraction of sp³-hybridized carbons (Fsp3) is 0.148. The Bertz CT molecular complexity index is 1330. The lowest BCUT2D eigenvalue weighted by atomic mass is 10.1. The third-order valence-electron chi connectivity index (χ3n) is 5.20. The fourth-order valence-corrected chi connectivity index (χ4v) is 3.51. The molecular formula is C27H23NO7. The molecule has 0 aliphatic carbocycles. The minimum atomic E-state index is -0.645. The number of ether oxygens (including phenoxy) is 5. The summed E-state index contributed by atoms with van der Waals surface area (Å²) in [5, 5.41) is 0. The van der Waals surface area contributed by atoms with Gasteiger partial charge in [-0.25, -0.2) is 14.6 Å². The molecule has 178 valence electrons. The number of esters is 2. The fourth-order valence-electron chi connectivity index (χ4n) is 3.51. The molecule has 1 heterocycles. The third kappa shape index (κ3) is 5.01. The Hall–Kier alpha value is -4.59. The minimum absolute atomic E-state index is 0.0489. The molecule has 8 heteroatoms. The third-order valence-corrected chi connectivity index (χ3v) is 5.20. The number of rotatable bonds is 7. The van der Waals surface area contributed by atoms with E-state index >= 15 is 0 Å². The van der Waals surface area contributed by atoms with Crippen LogP contribution in [0.3, 0.4) is 0 Å². The van der Waals surface area contributed by atoms with E-state index in [4.69, 9.17) is 23.7 Å². The predicted molar refractivity (Wildman–Crippen MR) is 129 cm³/mol. The number of para-hydroxylation sites is 1. The summed E-state index contributed by atoms with van der Waals surface area (Å²) in [7, 11) is 4.48. The van der Waals surface area contributed by atoms with E-state index in [1.165, 1.54) is 27.4 Å². The van der Waals surface area contributed by atoms with Gasteiger partial charge in [0.15, 0.2) is 17.2 Å². The van der Waals surface area contributed by atoms with Crippen LogP contribution in [0.25, 0.3) is 6.08 Å². The summed E-state index contributed by atoms with van der Waals surface area (Å²) in [4.78, 5) is 29.6. The molecule has 3 aromatic carbocycles.